The molecule has 0 radical (unpaired) electrons. The number of pyridine rings is 1. The molecule has 0 bridgehead atoms. The van der Waals surface area contributed by atoms with Crippen molar-refractivity contribution in [1.29, 1.82) is 0 Å². The molecule has 2 aromatic carbocycles. The highest BCUT2D eigenvalue weighted by Gasteiger charge is 2.20. The SMILES string of the molecule is COc1cccc(N2CCN(CCCC(c3ccc(F)cc3)c3ccc(F)cc3)CC2)n1.O=C(O)C=CC(=O)O. The van der Waals surface area contributed by atoms with E-state index in [1.165, 1.54) is 24.3 Å². The highest BCUT2D eigenvalue weighted by atomic mass is 19.1. The third-order valence-corrected chi connectivity index (χ3v) is 6.49. The van der Waals surface area contributed by atoms with Gasteiger partial charge in [0.2, 0.25) is 5.88 Å². The first-order valence-electron chi connectivity index (χ1n) is 12.9. The lowest BCUT2D eigenvalue weighted by atomic mass is 9.87. The van der Waals surface area contributed by atoms with Crippen LogP contribution in [0.5, 0.6) is 5.88 Å². The van der Waals surface area contributed by atoms with E-state index in [1.54, 1.807) is 7.11 Å². The van der Waals surface area contributed by atoms with E-state index in [4.69, 9.17) is 14.9 Å². The maximum atomic E-state index is 13.4. The van der Waals surface area contributed by atoms with Crippen molar-refractivity contribution >= 4 is 17.8 Å². The molecule has 2 heterocycles. The van der Waals surface area contributed by atoms with Crippen LogP contribution in [0, 0.1) is 11.6 Å². The van der Waals surface area contributed by atoms with Gasteiger partial charge in [-0.1, -0.05) is 30.3 Å². The summed E-state index contributed by atoms with van der Waals surface area (Å²) in [6, 6.07) is 19.2. The Morgan fingerprint density at radius 2 is 1.40 bits per heavy atom. The van der Waals surface area contributed by atoms with Crippen LogP contribution in [0.15, 0.2) is 78.9 Å². The van der Waals surface area contributed by atoms with E-state index in [9.17, 15) is 18.4 Å². The number of carbonyl (C=O) groups is 2. The molecule has 0 aliphatic carbocycles. The Kier molecular flexibility index (Phi) is 11.6. The summed E-state index contributed by atoms with van der Waals surface area (Å²) in [5.41, 5.74) is 2.12. The number of carboxylic acid groups (broad SMARTS) is 2. The smallest absolute Gasteiger partial charge is 0.328 e. The van der Waals surface area contributed by atoms with Gasteiger partial charge in [0.05, 0.1) is 7.11 Å². The van der Waals surface area contributed by atoms with Crippen LogP contribution in [0.2, 0.25) is 0 Å². The molecule has 212 valence electrons. The number of hydrogen-bond acceptors (Lipinski definition) is 6. The maximum absolute atomic E-state index is 13.4. The van der Waals surface area contributed by atoms with Gasteiger partial charge in [-0.3, -0.25) is 4.90 Å². The molecule has 10 heteroatoms. The number of methoxy groups -OCH3 is 1. The Balaban J connectivity index is 0.000000482. The van der Waals surface area contributed by atoms with Gasteiger partial charge in [-0.25, -0.2) is 18.4 Å². The lowest BCUT2D eigenvalue weighted by Gasteiger charge is -2.35. The number of nitrogens with zero attached hydrogens (tertiary/aromatic N) is 3. The first-order chi connectivity index (χ1) is 19.2. The molecule has 1 aromatic heterocycles. The number of ether oxygens (including phenoxy) is 1. The number of carboxylic acids is 2. The number of halogens is 2. The van der Waals surface area contributed by atoms with Crippen LogP contribution in [-0.4, -0.2) is 71.9 Å². The Labute approximate surface area is 232 Å². The van der Waals surface area contributed by atoms with E-state index >= 15 is 0 Å². The van der Waals surface area contributed by atoms with E-state index in [-0.39, 0.29) is 17.6 Å². The fourth-order valence-electron chi connectivity index (χ4n) is 4.47. The minimum Gasteiger partial charge on any atom is -0.481 e. The topological polar surface area (TPSA) is 103 Å². The van der Waals surface area contributed by atoms with Crippen LogP contribution in [0.1, 0.15) is 29.9 Å². The van der Waals surface area contributed by atoms with Crippen LogP contribution in [0.3, 0.4) is 0 Å². The van der Waals surface area contributed by atoms with Gasteiger partial charge in [-0.15, -0.1) is 0 Å². The van der Waals surface area contributed by atoms with Crippen molar-refractivity contribution in [2.45, 2.75) is 18.8 Å². The molecular formula is C30H33F2N3O5. The summed E-state index contributed by atoms with van der Waals surface area (Å²) < 4.78 is 32.1. The molecule has 4 rings (SSSR count). The highest BCUT2D eigenvalue weighted by molar-refractivity contribution is 5.89. The largest absolute Gasteiger partial charge is 0.481 e. The molecule has 1 aliphatic rings. The quantitative estimate of drug-likeness (QED) is 0.345. The summed E-state index contributed by atoms with van der Waals surface area (Å²) in [7, 11) is 1.63. The number of rotatable bonds is 10. The van der Waals surface area contributed by atoms with E-state index < -0.39 is 11.9 Å². The monoisotopic (exact) mass is 553 g/mol. The average Bonchev–Trinajstić information content (AvgIpc) is 2.96. The van der Waals surface area contributed by atoms with Crippen molar-refractivity contribution in [1.82, 2.24) is 9.88 Å². The number of hydrogen-bond donors (Lipinski definition) is 2. The van der Waals surface area contributed by atoms with Gasteiger partial charge in [-0.2, -0.15) is 4.98 Å². The molecule has 0 unspecified atom stereocenters. The second-order valence-electron chi connectivity index (χ2n) is 9.17. The zero-order valence-corrected chi connectivity index (χ0v) is 22.2. The van der Waals surface area contributed by atoms with Crippen LogP contribution in [0.4, 0.5) is 14.6 Å². The summed E-state index contributed by atoms with van der Waals surface area (Å²) in [4.78, 5) is 28.4. The molecular weight excluding hydrogens is 520 g/mol. The Hall–Kier alpha value is -4.31. The molecule has 0 amide bonds. The number of aliphatic carboxylic acids is 2. The van der Waals surface area contributed by atoms with Crippen LogP contribution in [-0.2, 0) is 9.59 Å². The normalized spacial score (nSPS) is 13.7. The number of anilines is 1. The van der Waals surface area contributed by atoms with Crippen molar-refractivity contribution < 1.29 is 33.3 Å². The first kappa shape index (κ1) is 30.2. The van der Waals surface area contributed by atoms with Gasteiger partial charge in [0, 0.05) is 50.3 Å². The van der Waals surface area contributed by atoms with Gasteiger partial charge in [-0.05, 0) is 60.8 Å². The molecule has 2 N–H and O–H groups in total. The van der Waals surface area contributed by atoms with Crippen molar-refractivity contribution in [2.75, 3.05) is 44.7 Å². The molecule has 0 saturated carbocycles. The third kappa shape index (κ3) is 9.77. The molecule has 1 fully saturated rings. The maximum Gasteiger partial charge on any atom is 0.328 e. The molecule has 1 aliphatic heterocycles. The standard InChI is InChI=1S/C26H29F2N3O.C4H4O4/c1-32-26-6-2-5-25(29-26)31-18-16-30(17-19-31)15-3-4-24(20-7-11-22(27)12-8-20)21-9-13-23(28)14-10-21;5-3(6)1-2-4(7)8/h2,5-14,24H,3-4,15-19H2,1H3;1-2H,(H,5,6)(H,7,8). The lowest BCUT2D eigenvalue weighted by Crippen LogP contribution is -2.47. The Morgan fingerprint density at radius 1 is 0.875 bits per heavy atom. The Bertz CT molecular complexity index is 1200. The van der Waals surface area contributed by atoms with Crippen molar-refractivity contribution in [2.24, 2.45) is 0 Å². The van der Waals surface area contributed by atoms with Crippen LogP contribution in [0.25, 0.3) is 0 Å². The number of aromatic nitrogens is 1. The summed E-state index contributed by atoms with van der Waals surface area (Å²) >= 11 is 0. The minimum atomic E-state index is -1.26. The second kappa shape index (κ2) is 15.3. The van der Waals surface area contributed by atoms with Crippen molar-refractivity contribution in [3.63, 3.8) is 0 Å². The predicted molar refractivity (Wildman–Crippen MR) is 148 cm³/mol. The van der Waals surface area contributed by atoms with E-state index in [2.05, 4.69) is 14.8 Å². The lowest BCUT2D eigenvalue weighted by molar-refractivity contribution is -0.134. The average molecular weight is 554 g/mol. The summed E-state index contributed by atoms with van der Waals surface area (Å²) in [6.07, 6.45) is 3.05. The van der Waals surface area contributed by atoms with Gasteiger partial charge >= 0.3 is 11.9 Å². The molecule has 3 aromatic rings. The van der Waals surface area contributed by atoms with Crippen LogP contribution < -0.4 is 9.64 Å². The molecule has 1 saturated heterocycles. The zero-order valence-electron chi connectivity index (χ0n) is 22.2. The second-order valence-corrected chi connectivity index (χ2v) is 9.17. The van der Waals surface area contributed by atoms with Gasteiger partial charge in [0.15, 0.2) is 0 Å². The minimum absolute atomic E-state index is 0.124. The van der Waals surface area contributed by atoms with Gasteiger partial charge < -0.3 is 19.8 Å². The number of benzene rings is 2. The third-order valence-electron chi connectivity index (χ3n) is 6.49. The fraction of sp³-hybridized carbons (Fsp3) is 0.300. The number of piperazine rings is 1. The van der Waals surface area contributed by atoms with Gasteiger partial charge in [0.25, 0.3) is 0 Å². The molecule has 8 nitrogen and oxygen atoms in total. The van der Waals surface area contributed by atoms with Crippen LogP contribution >= 0.6 is 0 Å². The van der Waals surface area contributed by atoms with Gasteiger partial charge in [0.1, 0.15) is 17.5 Å². The summed E-state index contributed by atoms with van der Waals surface area (Å²) in [5.74, 6) is -1.28. The van der Waals surface area contributed by atoms with Crippen molar-refractivity contribution in [3.05, 3.63) is 102 Å². The summed E-state index contributed by atoms with van der Waals surface area (Å²) in [5, 5.41) is 15.6. The zero-order chi connectivity index (χ0) is 28.9. The molecule has 40 heavy (non-hydrogen) atoms. The van der Waals surface area contributed by atoms with E-state index in [0.29, 0.717) is 18.0 Å². The molecule has 0 spiro atoms. The van der Waals surface area contributed by atoms with E-state index in [0.717, 1.165) is 62.5 Å². The fourth-order valence-corrected chi connectivity index (χ4v) is 4.47. The predicted octanol–water partition coefficient (Wildman–Crippen LogP) is 4.81. The van der Waals surface area contributed by atoms with E-state index in [1.807, 2.05) is 42.5 Å². The highest BCUT2D eigenvalue weighted by Crippen LogP contribution is 2.30. The van der Waals surface area contributed by atoms with Crippen molar-refractivity contribution in [3.8, 4) is 5.88 Å². The Morgan fingerprint density at radius 3 is 1.88 bits per heavy atom. The molecule has 0 atom stereocenters. The first-order valence-corrected chi connectivity index (χ1v) is 12.9. The summed E-state index contributed by atoms with van der Waals surface area (Å²) in [6.45, 7) is 4.82.